The zero-order chi connectivity index (χ0) is 15.8. The van der Waals surface area contributed by atoms with E-state index in [1.165, 1.54) is 6.20 Å². The topological polar surface area (TPSA) is 82.4 Å². The van der Waals surface area contributed by atoms with Gasteiger partial charge in [-0.1, -0.05) is 0 Å². The van der Waals surface area contributed by atoms with Crippen molar-refractivity contribution in [3.05, 3.63) is 11.8 Å². The van der Waals surface area contributed by atoms with Crippen molar-refractivity contribution in [3.8, 4) is 6.07 Å². The predicted octanol–water partition coefficient (Wildman–Crippen LogP) is 1.19. The maximum Gasteiger partial charge on any atom is 0.309 e. The average Bonchev–Trinajstić information content (AvgIpc) is 2.47. The molecule has 0 aliphatic carbocycles. The molecule has 1 N–H and O–H groups in total. The lowest BCUT2D eigenvalue weighted by Gasteiger charge is -2.30. The largest absolute Gasteiger partial charge is 0.466 e. The molecule has 1 fully saturated rings. The van der Waals surface area contributed by atoms with Crippen LogP contribution in [-0.2, 0) is 14.3 Å². The number of carbonyl (C=O) groups excluding carboxylic acids is 2. The van der Waals surface area contributed by atoms with Crippen molar-refractivity contribution < 1.29 is 14.3 Å². The van der Waals surface area contributed by atoms with Crippen LogP contribution in [-0.4, -0.2) is 42.5 Å². The van der Waals surface area contributed by atoms with Gasteiger partial charge in [0.05, 0.1) is 12.5 Å². The first-order chi connectivity index (χ1) is 9.99. The highest BCUT2D eigenvalue weighted by molar-refractivity contribution is 5.97. The van der Waals surface area contributed by atoms with Gasteiger partial charge in [-0.3, -0.25) is 9.59 Å². The fraction of sp³-hybridized carbons (Fsp3) is 0.667. The summed E-state index contributed by atoms with van der Waals surface area (Å²) in [6, 6.07) is 2.09. The number of nitriles is 1. The normalized spacial score (nSPS) is 16.5. The second kappa shape index (κ2) is 8.30. The minimum absolute atomic E-state index is 0.0956. The van der Waals surface area contributed by atoms with Crippen LogP contribution in [0.1, 0.15) is 33.6 Å². The number of nitrogens with one attached hydrogen (secondary N) is 1. The van der Waals surface area contributed by atoms with Gasteiger partial charge in [-0.15, -0.1) is 0 Å². The monoisotopic (exact) mass is 293 g/mol. The van der Waals surface area contributed by atoms with Crippen molar-refractivity contribution in [3.63, 3.8) is 0 Å². The van der Waals surface area contributed by atoms with E-state index in [4.69, 9.17) is 10.00 Å². The lowest BCUT2D eigenvalue weighted by atomic mass is 9.96. The van der Waals surface area contributed by atoms with Crippen LogP contribution in [0.5, 0.6) is 0 Å². The number of hydrogen-bond donors (Lipinski definition) is 1. The third-order valence-electron chi connectivity index (χ3n) is 3.31. The molecule has 6 nitrogen and oxygen atoms in total. The maximum absolute atomic E-state index is 12.2. The molecule has 0 aromatic carbocycles. The summed E-state index contributed by atoms with van der Waals surface area (Å²) in [6.07, 6.45) is 2.63. The van der Waals surface area contributed by atoms with E-state index in [0.717, 1.165) is 0 Å². The van der Waals surface area contributed by atoms with Gasteiger partial charge < -0.3 is 15.0 Å². The molecule has 1 aliphatic rings. The molecule has 0 aromatic heterocycles. The van der Waals surface area contributed by atoms with Gasteiger partial charge in [0.2, 0.25) is 0 Å². The van der Waals surface area contributed by atoms with E-state index >= 15 is 0 Å². The van der Waals surface area contributed by atoms with Crippen LogP contribution in [0.15, 0.2) is 11.8 Å². The van der Waals surface area contributed by atoms with Crippen molar-refractivity contribution in [2.75, 3.05) is 19.7 Å². The fourth-order valence-corrected chi connectivity index (χ4v) is 2.14. The molecular weight excluding hydrogens is 270 g/mol. The summed E-state index contributed by atoms with van der Waals surface area (Å²) in [5.41, 5.74) is 0.0956. The molecule has 21 heavy (non-hydrogen) atoms. The third-order valence-corrected chi connectivity index (χ3v) is 3.31. The summed E-state index contributed by atoms with van der Waals surface area (Å²) in [6.45, 7) is 6.97. The molecule has 0 spiro atoms. The first kappa shape index (κ1) is 17.0. The minimum atomic E-state index is -0.284. The highest BCUT2D eigenvalue weighted by Crippen LogP contribution is 2.19. The second-order valence-electron chi connectivity index (χ2n) is 5.31. The number of esters is 1. The first-order valence-electron chi connectivity index (χ1n) is 7.31. The van der Waals surface area contributed by atoms with Gasteiger partial charge in [0, 0.05) is 25.3 Å². The quantitative estimate of drug-likeness (QED) is 0.468. The number of likely N-dealkylation sites (tertiary alicyclic amines) is 1. The van der Waals surface area contributed by atoms with Gasteiger partial charge in [-0.25, -0.2) is 0 Å². The van der Waals surface area contributed by atoms with Gasteiger partial charge in [-0.05, 0) is 33.6 Å². The molecule has 1 aliphatic heterocycles. The van der Waals surface area contributed by atoms with Gasteiger partial charge in [0.15, 0.2) is 0 Å². The van der Waals surface area contributed by atoms with E-state index < -0.39 is 0 Å². The summed E-state index contributed by atoms with van der Waals surface area (Å²) in [4.78, 5) is 25.5. The predicted molar refractivity (Wildman–Crippen MR) is 77.9 cm³/mol. The Kier molecular flexibility index (Phi) is 6.73. The number of nitrogens with zero attached hydrogens (tertiary/aromatic N) is 2. The van der Waals surface area contributed by atoms with E-state index in [1.807, 2.05) is 19.9 Å². The van der Waals surface area contributed by atoms with Crippen LogP contribution in [0.4, 0.5) is 0 Å². The molecular formula is C15H23N3O3. The summed E-state index contributed by atoms with van der Waals surface area (Å²) in [5, 5.41) is 12.0. The van der Waals surface area contributed by atoms with Crippen molar-refractivity contribution in [2.45, 2.75) is 39.7 Å². The van der Waals surface area contributed by atoms with Gasteiger partial charge >= 0.3 is 5.97 Å². The summed E-state index contributed by atoms with van der Waals surface area (Å²) in [7, 11) is 0. The Morgan fingerprint density at radius 3 is 2.52 bits per heavy atom. The first-order valence-corrected chi connectivity index (χ1v) is 7.31. The fourth-order valence-electron chi connectivity index (χ4n) is 2.14. The van der Waals surface area contributed by atoms with Gasteiger partial charge in [0.25, 0.3) is 5.91 Å². The summed E-state index contributed by atoms with van der Waals surface area (Å²) in [5.74, 6) is -0.618. The van der Waals surface area contributed by atoms with Crippen LogP contribution >= 0.6 is 0 Å². The molecule has 0 saturated carbocycles. The smallest absolute Gasteiger partial charge is 0.309 e. The molecule has 1 saturated heterocycles. The molecule has 0 unspecified atom stereocenters. The number of hydrogen-bond acceptors (Lipinski definition) is 5. The molecule has 6 heteroatoms. The SMILES string of the molecule is CCOC(=O)C1CCN(C(=O)/C(C#N)=C\NC(C)C)CC1. The van der Waals surface area contributed by atoms with Gasteiger partial charge in [0.1, 0.15) is 11.6 Å². The third kappa shape index (κ3) is 5.10. The number of rotatable bonds is 5. The highest BCUT2D eigenvalue weighted by Gasteiger charge is 2.29. The Bertz CT molecular complexity index is 444. The standard InChI is InChI=1S/C15H23N3O3/c1-4-21-15(20)12-5-7-18(8-6-12)14(19)13(9-16)10-17-11(2)3/h10-12,17H,4-8H2,1-3H3/b13-10-. The molecule has 0 aromatic rings. The second-order valence-corrected chi connectivity index (χ2v) is 5.31. The Morgan fingerprint density at radius 2 is 2.05 bits per heavy atom. The van der Waals surface area contributed by atoms with Crippen LogP contribution in [0, 0.1) is 17.2 Å². The van der Waals surface area contributed by atoms with E-state index in [-0.39, 0.29) is 29.4 Å². The van der Waals surface area contributed by atoms with Gasteiger partial charge in [-0.2, -0.15) is 5.26 Å². The van der Waals surface area contributed by atoms with Crippen molar-refractivity contribution in [1.82, 2.24) is 10.2 Å². The van der Waals surface area contributed by atoms with Crippen LogP contribution < -0.4 is 5.32 Å². The Morgan fingerprint density at radius 1 is 1.43 bits per heavy atom. The zero-order valence-electron chi connectivity index (χ0n) is 12.9. The van der Waals surface area contributed by atoms with E-state index in [1.54, 1.807) is 11.8 Å². The lowest BCUT2D eigenvalue weighted by molar-refractivity contribution is -0.150. The molecule has 1 amide bonds. The molecule has 1 heterocycles. The van der Waals surface area contributed by atoms with Crippen molar-refractivity contribution in [1.29, 1.82) is 5.26 Å². The Labute approximate surface area is 125 Å². The molecule has 0 radical (unpaired) electrons. The van der Waals surface area contributed by atoms with E-state index in [2.05, 4.69) is 5.32 Å². The number of carbonyl (C=O) groups is 2. The van der Waals surface area contributed by atoms with E-state index in [9.17, 15) is 9.59 Å². The summed E-state index contributed by atoms with van der Waals surface area (Å²) < 4.78 is 4.99. The van der Waals surface area contributed by atoms with Crippen molar-refractivity contribution in [2.24, 2.45) is 5.92 Å². The molecule has 0 atom stereocenters. The number of amides is 1. The van der Waals surface area contributed by atoms with Crippen LogP contribution in [0.3, 0.4) is 0 Å². The van der Waals surface area contributed by atoms with Crippen LogP contribution in [0.2, 0.25) is 0 Å². The zero-order valence-corrected chi connectivity index (χ0v) is 12.9. The molecule has 1 rings (SSSR count). The van der Waals surface area contributed by atoms with E-state index in [0.29, 0.717) is 32.5 Å². The van der Waals surface area contributed by atoms with Crippen molar-refractivity contribution >= 4 is 11.9 Å². The lowest BCUT2D eigenvalue weighted by Crippen LogP contribution is -2.41. The van der Waals surface area contributed by atoms with Crippen LogP contribution in [0.25, 0.3) is 0 Å². The highest BCUT2D eigenvalue weighted by atomic mass is 16.5. The minimum Gasteiger partial charge on any atom is -0.466 e. The molecule has 116 valence electrons. The Hall–Kier alpha value is -2.03. The number of piperidine rings is 1. The Balaban J connectivity index is 2.57. The maximum atomic E-state index is 12.2. The number of ether oxygens (including phenoxy) is 1. The summed E-state index contributed by atoms with van der Waals surface area (Å²) >= 11 is 0. The average molecular weight is 293 g/mol. The molecule has 0 bridgehead atoms.